The third kappa shape index (κ3) is 10.1. The van der Waals surface area contributed by atoms with Gasteiger partial charge in [0.15, 0.2) is 0 Å². The molecule has 3 aromatic rings. The Morgan fingerprint density at radius 2 is 1.78 bits per heavy atom. The highest BCUT2D eigenvalue weighted by Gasteiger charge is 2.17. The van der Waals surface area contributed by atoms with Crippen molar-refractivity contribution in [3.05, 3.63) is 116 Å². The highest BCUT2D eigenvalue weighted by molar-refractivity contribution is 5.34. The van der Waals surface area contributed by atoms with Gasteiger partial charge in [0.05, 0.1) is 12.4 Å². The van der Waals surface area contributed by atoms with E-state index in [4.69, 9.17) is 5.73 Å². The molecule has 0 amide bonds. The van der Waals surface area contributed by atoms with Crippen LogP contribution in [0.3, 0.4) is 0 Å². The summed E-state index contributed by atoms with van der Waals surface area (Å²) in [5.74, 6) is 0. The van der Waals surface area contributed by atoms with E-state index in [1.165, 1.54) is 24.0 Å². The van der Waals surface area contributed by atoms with Gasteiger partial charge in [-0.3, -0.25) is 0 Å². The predicted molar refractivity (Wildman–Crippen MR) is 149 cm³/mol. The van der Waals surface area contributed by atoms with E-state index < -0.39 is 6.17 Å². The summed E-state index contributed by atoms with van der Waals surface area (Å²) in [7, 11) is 0. The molecule has 3 unspecified atom stereocenters. The minimum atomic E-state index is -0.618. The van der Waals surface area contributed by atoms with Crippen molar-refractivity contribution >= 4 is 0 Å². The van der Waals surface area contributed by atoms with Crippen LogP contribution in [0.2, 0.25) is 0 Å². The summed E-state index contributed by atoms with van der Waals surface area (Å²) in [5.41, 5.74) is 9.45. The molecular weight excluding hydrogens is 449 g/mol. The zero-order chi connectivity index (χ0) is 26.2. The largest absolute Gasteiger partial charge is 0.381 e. The second-order valence-electron chi connectivity index (χ2n) is 8.89. The van der Waals surface area contributed by atoms with Crippen LogP contribution >= 0.6 is 0 Å². The second kappa shape index (κ2) is 16.3. The number of imidazole rings is 1. The normalized spacial score (nSPS) is 16.0. The average molecular weight is 492 g/mol. The van der Waals surface area contributed by atoms with Crippen LogP contribution in [0, 0.1) is 0 Å². The molecule has 1 aromatic heterocycles. The van der Waals surface area contributed by atoms with Crippen molar-refractivity contribution in [2.24, 2.45) is 5.73 Å². The van der Waals surface area contributed by atoms with E-state index in [0.717, 1.165) is 18.7 Å². The van der Waals surface area contributed by atoms with Crippen molar-refractivity contribution in [1.82, 2.24) is 19.8 Å². The lowest BCUT2D eigenvalue weighted by Crippen LogP contribution is -2.16. The molecule has 2 heterocycles. The smallest absolute Gasteiger partial charge is 0.119 e. The Morgan fingerprint density at radius 3 is 2.25 bits per heavy atom. The summed E-state index contributed by atoms with van der Waals surface area (Å²) in [6.45, 7) is 14.0. The number of nitrogens with two attached hydrogens (primary N) is 1. The zero-order valence-electron chi connectivity index (χ0n) is 21.8. The molecule has 1 aliphatic rings. The zero-order valence-corrected chi connectivity index (χ0v) is 21.8. The molecule has 194 valence electrons. The molecule has 0 spiro atoms. The summed E-state index contributed by atoms with van der Waals surface area (Å²) < 4.78 is 14.4. The molecule has 1 fully saturated rings. The highest BCUT2D eigenvalue weighted by Crippen LogP contribution is 2.23. The quantitative estimate of drug-likeness (QED) is 0.364. The maximum atomic E-state index is 12.3. The maximum absolute atomic E-state index is 12.3. The molecule has 3 N–H and O–H groups in total. The van der Waals surface area contributed by atoms with Crippen LogP contribution in [0.5, 0.6) is 0 Å². The van der Waals surface area contributed by atoms with E-state index >= 15 is 0 Å². The molecule has 3 atom stereocenters. The van der Waals surface area contributed by atoms with Crippen molar-refractivity contribution in [2.45, 2.75) is 57.9 Å². The molecule has 0 aliphatic carbocycles. The summed E-state index contributed by atoms with van der Waals surface area (Å²) in [6.07, 6.45) is 11.6. The van der Waals surface area contributed by atoms with Crippen molar-refractivity contribution in [3.63, 3.8) is 0 Å². The van der Waals surface area contributed by atoms with Crippen molar-refractivity contribution < 1.29 is 4.39 Å². The summed E-state index contributed by atoms with van der Waals surface area (Å²) in [5, 5.41) is 3.30. The first-order valence-corrected chi connectivity index (χ1v) is 12.7. The third-order valence-corrected chi connectivity index (χ3v) is 5.96. The Kier molecular flexibility index (Phi) is 13.1. The summed E-state index contributed by atoms with van der Waals surface area (Å²) in [4.78, 5) is 5.83. The molecule has 4 rings (SSSR count). The van der Waals surface area contributed by atoms with Crippen LogP contribution in [0.25, 0.3) is 0 Å². The molecule has 5 nitrogen and oxygen atoms in total. The van der Waals surface area contributed by atoms with Gasteiger partial charge in [-0.25, -0.2) is 9.37 Å². The lowest BCUT2D eigenvalue weighted by Gasteiger charge is -2.19. The van der Waals surface area contributed by atoms with E-state index in [-0.39, 0.29) is 12.1 Å². The fourth-order valence-electron chi connectivity index (χ4n) is 3.81. The lowest BCUT2D eigenvalue weighted by atomic mass is 9.97. The van der Waals surface area contributed by atoms with Crippen molar-refractivity contribution in [3.8, 4) is 0 Å². The number of aryl methyl sites for hydroxylation is 1. The van der Waals surface area contributed by atoms with E-state index in [0.29, 0.717) is 13.0 Å². The number of alkyl halides is 1. The molecule has 0 saturated carbocycles. The first-order valence-electron chi connectivity index (χ1n) is 12.7. The number of likely N-dealkylation sites (tertiary alicyclic amines) is 1. The van der Waals surface area contributed by atoms with Gasteiger partial charge in [0.2, 0.25) is 0 Å². The van der Waals surface area contributed by atoms with Gasteiger partial charge in [-0.15, -0.1) is 0 Å². The first kappa shape index (κ1) is 28.9. The van der Waals surface area contributed by atoms with Gasteiger partial charge in [-0.1, -0.05) is 81.1 Å². The number of halogens is 1. The highest BCUT2D eigenvalue weighted by atomic mass is 19.1. The minimum absolute atomic E-state index is 0.0663. The first-order chi connectivity index (χ1) is 17.5. The molecule has 1 saturated heterocycles. The molecule has 6 heteroatoms. The summed E-state index contributed by atoms with van der Waals surface area (Å²) in [6, 6.07) is 18.9. The van der Waals surface area contributed by atoms with Gasteiger partial charge in [-0.05, 0) is 48.9 Å². The molecule has 0 bridgehead atoms. The van der Waals surface area contributed by atoms with Crippen LogP contribution < -0.4 is 11.1 Å². The molecule has 1 aliphatic heterocycles. The number of hydrogen-bond donors (Lipinski definition) is 2. The fraction of sp³-hybridized carbons (Fsp3) is 0.367. The van der Waals surface area contributed by atoms with Crippen molar-refractivity contribution in [1.29, 1.82) is 0 Å². The van der Waals surface area contributed by atoms with E-state index in [1.54, 1.807) is 12.4 Å². The van der Waals surface area contributed by atoms with E-state index in [9.17, 15) is 4.39 Å². The molecule has 0 radical (unpaired) electrons. The van der Waals surface area contributed by atoms with Crippen LogP contribution in [0.4, 0.5) is 4.39 Å². The fourth-order valence-corrected chi connectivity index (χ4v) is 3.81. The maximum Gasteiger partial charge on any atom is 0.119 e. The Morgan fingerprint density at radius 1 is 1.11 bits per heavy atom. The molecule has 36 heavy (non-hydrogen) atoms. The third-order valence-electron chi connectivity index (χ3n) is 5.96. The van der Waals surface area contributed by atoms with Gasteiger partial charge in [0.25, 0.3) is 0 Å². The Labute approximate surface area is 216 Å². The number of nitrogens with zero attached hydrogens (tertiary/aromatic N) is 3. The van der Waals surface area contributed by atoms with Crippen molar-refractivity contribution in [2.75, 3.05) is 13.1 Å². The number of nitrogens with one attached hydrogen (secondary N) is 1. The number of aromatic nitrogens is 2. The second-order valence-corrected chi connectivity index (χ2v) is 8.89. The predicted octanol–water partition coefficient (Wildman–Crippen LogP) is 6.39. The van der Waals surface area contributed by atoms with Gasteiger partial charge in [-0.2, -0.15) is 0 Å². The van der Waals surface area contributed by atoms with Crippen LogP contribution in [-0.2, 0) is 6.54 Å². The Hall–Kier alpha value is -3.38. The standard InChI is InChI=1S/C17H20N2.C7H12N2.C6H10FN/c1-3-19-17(15-7-5-4-6-8-15)16-11-9-14(10-12-16)13(2)18;1-2-3-5-9-6-4-8-7-9;1-2-8-4-3-6(7)5-8/h3-13,17,19H,1,18H2,2H3;4,6-7H,2-3,5H2,1H3;2,6H,1,3-5H2. The van der Waals surface area contributed by atoms with E-state index in [2.05, 4.69) is 71.3 Å². The monoisotopic (exact) mass is 491 g/mol. The minimum Gasteiger partial charge on any atom is -0.381 e. The molecular formula is C30H42FN5. The van der Waals surface area contributed by atoms with Crippen LogP contribution in [0.15, 0.2) is 98.9 Å². The SMILES string of the molecule is C=CN1CCC(F)C1.C=CNC(c1ccccc1)c1ccc(C(C)N)cc1.CCCCn1ccnc1. The van der Waals surface area contributed by atoms with Gasteiger partial charge in [0.1, 0.15) is 6.17 Å². The Balaban J connectivity index is 0.000000221. The van der Waals surface area contributed by atoms with Crippen LogP contribution in [0.1, 0.15) is 61.9 Å². The number of benzene rings is 2. The number of unbranched alkanes of at least 4 members (excludes halogenated alkanes) is 1. The van der Waals surface area contributed by atoms with Crippen LogP contribution in [-0.4, -0.2) is 33.7 Å². The number of rotatable bonds is 9. The van der Waals surface area contributed by atoms with Gasteiger partial charge in [0, 0.05) is 38.1 Å². The Bertz CT molecular complexity index is 970. The van der Waals surface area contributed by atoms with E-state index in [1.807, 2.05) is 48.7 Å². The average Bonchev–Trinajstić information content (AvgIpc) is 3.59. The van der Waals surface area contributed by atoms with Gasteiger partial charge >= 0.3 is 0 Å². The molecule has 2 aromatic carbocycles. The number of hydrogen-bond acceptors (Lipinski definition) is 4. The van der Waals surface area contributed by atoms with Gasteiger partial charge < -0.3 is 20.5 Å². The summed E-state index contributed by atoms with van der Waals surface area (Å²) >= 11 is 0. The lowest BCUT2D eigenvalue weighted by molar-refractivity contribution is 0.334. The topological polar surface area (TPSA) is 59.1 Å².